The summed E-state index contributed by atoms with van der Waals surface area (Å²) in [5.74, 6) is 0.370. The summed E-state index contributed by atoms with van der Waals surface area (Å²) in [5, 5.41) is 19.2. The van der Waals surface area contributed by atoms with Crippen LogP contribution in [-0.2, 0) is 6.42 Å². The average molecular weight is 289 g/mol. The van der Waals surface area contributed by atoms with Gasteiger partial charge in [-0.2, -0.15) is 5.26 Å². The average Bonchev–Trinajstić information content (AvgIpc) is 3.14. The number of hydrogen-bond acceptors (Lipinski definition) is 5. The number of nitrogens with two attached hydrogens (primary N) is 1. The summed E-state index contributed by atoms with van der Waals surface area (Å²) in [6, 6.07) is 9.14. The van der Waals surface area contributed by atoms with E-state index in [0.717, 1.165) is 33.5 Å². The van der Waals surface area contributed by atoms with E-state index in [4.69, 9.17) is 10.2 Å². The molecule has 0 amide bonds. The highest BCUT2D eigenvalue weighted by atomic mass is 16.3. The van der Waals surface area contributed by atoms with E-state index in [2.05, 4.69) is 11.1 Å². The normalized spacial score (nSPS) is 11.8. The van der Waals surface area contributed by atoms with E-state index >= 15 is 0 Å². The van der Waals surface area contributed by atoms with Gasteiger partial charge in [-0.25, -0.2) is 4.98 Å². The number of phenols is 1. The van der Waals surface area contributed by atoms with Crippen molar-refractivity contribution in [3.05, 3.63) is 53.5 Å². The summed E-state index contributed by atoms with van der Waals surface area (Å²) in [6.07, 6.45) is 3.80. The molecule has 5 heteroatoms. The number of pyridine rings is 1. The molecule has 0 saturated carbocycles. The first-order chi connectivity index (χ1) is 10.7. The van der Waals surface area contributed by atoms with Crippen molar-refractivity contribution in [1.82, 2.24) is 4.98 Å². The van der Waals surface area contributed by atoms with Gasteiger partial charge in [0, 0.05) is 23.1 Å². The number of aromatic nitrogens is 1. The van der Waals surface area contributed by atoms with Crippen LogP contribution in [0.25, 0.3) is 22.4 Å². The zero-order chi connectivity index (χ0) is 15.3. The Morgan fingerprint density at radius 2 is 2.18 bits per heavy atom. The fourth-order valence-electron chi connectivity index (χ4n) is 3.00. The van der Waals surface area contributed by atoms with Gasteiger partial charge in [-0.1, -0.05) is 6.07 Å². The topological polar surface area (TPSA) is 96.1 Å². The summed E-state index contributed by atoms with van der Waals surface area (Å²) in [5.41, 5.74) is 11.5. The fourth-order valence-corrected chi connectivity index (χ4v) is 3.00. The van der Waals surface area contributed by atoms with Gasteiger partial charge in [-0.3, -0.25) is 0 Å². The Morgan fingerprint density at radius 3 is 2.91 bits per heavy atom. The van der Waals surface area contributed by atoms with Crippen LogP contribution in [0.4, 0.5) is 5.82 Å². The fraction of sp³-hybridized carbons (Fsp3) is 0.0588. The van der Waals surface area contributed by atoms with E-state index in [9.17, 15) is 10.4 Å². The number of nitrogen functional groups attached to an aromatic ring is 1. The van der Waals surface area contributed by atoms with Gasteiger partial charge in [0.15, 0.2) is 0 Å². The molecule has 0 aliphatic heterocycles. The first-order valence-electron chi connectivity index (χ1n) is 6.76. The van der Waals surface area contributed by atoms with Gasteiger partial charge in [0.1, 0.15) is 23.2 Å². The second-order valence-electron chi connectivity index (χ2n) is 5.22. The van der Waals surface area contributed by atoms with E-state index < -0.39 is 0 Å². The van der Waals surface area contributed by atoms with Crippen LogP contribution in [0.2, 0.25) is 0 Å². The zero-order valence-corrected chi connectivity index (χ0v) is 11.5. The lowest BCUT2D eigenvalue weighted by atomic mass is 9.96. The van der Waals surface area contributed by atoms with Crippen LogP contribution in [0, 0.1) is 11.3 Å². The minimum Gasteiger partial charge on any atom is -0.508 e. The number of rotatable bonds is 1. The Labute approximate surface area is 126 Å². The van der Waals surface area contributed by atoms with Crippen molar-refractivity contribution in [2.24, 2.45) is 0 Å². The number of aromatic hydroxyl groups is 1. The smallest absolute Gasteiger partial charge is 0.142 e. The SMILES string of the molecule is N#Cc1c(N)nc2c(c1-c1ccoc1)Cc1ccc(O)cc1-2. The number of benzene rings is 1. The molecule has 1 aliphatic carbocycles. The summed E-state index contributed by atoms with van der Waals surface area (Å²) >= 11 is 0. The highest BCUT2D eigenvalue weighted by Crippen LogP contribution is 2.44. The Kier molecular flexibility index (Phi) is 2.48. The van der Waals surface area contributed by atoms with Crippen molar-refractivity contribution in [3.63, 3.8) is 0 Å². The number of nitriles is 1. The molecule has 0 saturated heterocycles. The van der Waals surface area contributed by atoms with Gasteiger partial charge in [0.05, 0.1) is 18.2 Å². The lowest BCUT2D eigenvalue weighted by molar-refractivity contribution is 0.475. The maximum absolute atomic E-state index is 9.72. The first kappa shape index (κ1) is 12.5. The van der Waals surface area contributed by atoms with Gasteiger partial charge in [0.2, 0.25) is 0 Å². The molecule has 0 radical (unpaired) electrons. The molecule has 2 heterocycles. The number of furan rings is 1. The molecule has 5 nitrogen and oxygen atoms in total. The van der Waals surface area contributed by atoms with E-state index in [-0.39, 0.29) is 11.6 Å². The number of nitrogens with zero attached hydrogens (tertiary/aromatic N) is 2. The quantitative estimate of drug-likeness (QED) is 0.561. The molecule has 3 N–H and O–H groups in total. The van der Waals surface area contributed by atoms with Crippen molar-refractivity contribution in [2.45, 2.75) is 6.42 Å². The predicted molar refractivity (Wildman–Crippen MR) is 81.0 cm³/mol. The molecule has 4 rings (SSSR count). The predicted octanol–water partition coefficient (Wildman–Crippen LogP) is 3.07. The molecule has 2 aromatic heterocycles. The third kappa shape index (κ3) is 1.61. The molecule has 1 aromatic carbocycles. The second-order valence-corrected chi connectivity index (χ2v) is 5.22. The highest BCUT2D eigenvalue weighted by molar-refractivity contribution is 5.88. The molecular weight excluding hydrogens is 278 g/mol. The Bertz CT molecular complexity index is 938. The van der Waals surface area contributed by atoms with E-state index in [1.165, 1.54) is 0 Å². The number of phenolic OH excluding ortho intramolecular Hbond substituents is 1. The maximum atomic E-state index is 9.72. The van der Waals surface area contributed by atoms with Crippen molar-refractivity contribution < 1.29 is 9.52 Å². The van der Waals surface area contributed by atoms with Gasteiger partial charge in [-0.15, -0.1) is 0 Å². The largest absolute Gasteiger partial charge is 0.508 e. The van der Waals surface area contributed by atoms with Crippen LogP contribution in [-0.4, -0.2) is 10.1 Å². The molecule has 1 aliphatic rings. The van der Waals surface area contributed by atoms with Crippen molar-refractivity contribution >= 4 is 5.82 Å². The minimum absolute atomic E-state index is 0.182. The van der Waals surface area contributed by atoms with E-state index in [1.54, 1.807) is 30.7 Å². The molecule has 22 heavy (non-hydrogen) atoms. The lowest BCUT2D eigenvalue weighted by Gasteiger charge is -2.10. The summed E-state index contributed by atoms with van der Waals surface area (Å²) in [6.45, 7) is 0. The van der Waals surface area contributed by atoms with Crippen molar-refractivity contribution in [2.75, 3.05) is 5.73 Å². The molecule has 0 unspecified atom stereocenters. The molecule has 0 bridgehead atoms. The Morgan fingerprint density at radius 1 is 1.32 bits per heavy atom. The zero-order valence-electron chi connectivity index (χ0n) is 11.5. The van der Waals surface area contributed by atoms with E-state index in [0.29, 0.717) is 12.0 Å². The monoisotopic (exact) mass is 289 g/mol. The Hall–Kier alpha value is -3.26. The minimum atomic E-state index is 0.182. The van der Waals surface area contributed by atoms with Gasteiger partial charge in [-0.05, 0) is 29.3 Å². The van der Waals surface area contributed by atoms with Gasteiger partial charge >= 0.3 is 0 Å². The molecule has 0 fully saturated rings. The van der Waals surface area contributed by atoms with Crippen LogP contribution in [0.3, 0.4) is 0 Å². The molecule has 0 spiro atoms. The molecule has 3 aromatic rings. The van der Waals surface area contributed by atoms with Crippen molar-refractivity contribution in [1.29, 1.82) is 5.26 Å². The van der Waals surface area contributed by atoms with Crippen LogP contribution >= 0.6 is 0 Å². The standard InChI is InChI=1S/C17H11N3O2/c18-7-14-15(10-3-4-22-8-10)13-5-9-1-2-11(21)6-12(9)16(13)20-17(14)19/h1-4,6,8,21H,5H2,(H2,19,20). The number of hydrogen-bond donors (Lipinski definition) is 2. The van der Waals surface area contributed by atoms with Crippen molar-refractivity contribution in [3.8, 4) is 34.2 Å². The molecule has 106 valence electrons. The van der Waals surface area contributed by atoms with Gasteiger partial charge < -0.3 is 15.3 Å². The molecule has 0 atom stereocenters. The van der Waals surface area contributed by atoms with Crippen LogP contribution in [0.1, 0.15) is 16.7 Å². The third-order valence-corrected chi connectivity index (χ3v) is 3.96. The summed E-state index contributed by atoms with van der Waals surface area (Å²) in [7, 11) is 0. The van der Waals surface area contributed by atoms with Gasteiger partial charge in [0.25, 0.3) is 0 Å². The summed E-state index contributed by atoms with van der Waals surface area (Å²) in [4.78, 5) is 4.39. The lowest BCUT2D eigenvalue weighted by Crippen LogP contribution is -2.02. The Balaban J connectivity index is 2.08. The third-order valence-electron chi connectivity index (χ3n) is 3.96. The summed E-state index contributed by atoms with van der Waals surface area (Å²) < 4.78 is 5.15. The van der Waals surface area contributed by atoms with Crippen LogP contribution in [0.15, 0.2) is 41.2 Å². The second kappa shape index (κ2) is 4.37. The first-order valence-corrected chi connectivity index (χ1v) is 6.76. The number of fused-ring (bicyclic) bond motifs is 3. The number of anilines is 1. The van der Waals surface area contributed by atoms with Crippen LogP contribution < -0.4 is 5.73 Å². The highest BCUT2D eigenvalue weighted by Gasteiger charge is 2.27. The van der Waals surface area contributed by atoms with Crippen LogP contribution in [0.5, 0.6) is 5.75 Å². The maximum Gasteiger partial charge on any atom is 0.142 e. The van der Waals surface area contributed by atoms with E-state index in [1.807, 2.05) is 6.07 Å². The molecular formula is C17H11N3O2.